The smallest absolute Gasteiger partial charge is 0.265 e. The second-order valence-corrected chi connectivity index (χ2v) is 6.92. The maximum absolute atomic E-state index is 12.7. The van der Waals surface area contributed by atoms with Gasteiger partial charge in [-0.15, -0.1) is 11.3 Å². The van der Waals surface area contributed by atoms with Crippen LogP contribution < -0.4 is 0 Å². The molecule has 2 aromatic rings. The first kappa shape index (κ1) is 15.1. The van der Waals surface area contributed by atoms with Crippen LogP contribution in [0.1, 0.15) is 16.6 Å². The molecular weight excluding hydrogens is 327 g/mol. The van der Waals surface area contributed by atoms with Crippen molar-refractivity contribution in [3.05, 3.63) is 33.1 Å². The van der Waals surface area contributed by atoms with Crippen molar-refractivity contribution in [3.63, 3.8) is 0 Å². The van der Waals surface area contributed by atoms with Gasteiger partial charge in [-0.25, -0.2) is 0 Å². The van der Waals surface area contributed by atoms with Crippen LogP contribution >= 0.6 is 34.5 Å². The molecule has 1 aromatic heterocycles. The number of rotatable bonds is 2. The van der Waals surface area contributed by atoms with Crippen LogP contribution in [0.25, 0.3) is 10.1 Å². The molecule has 1 aromatic carbocycles. The van der Waals surface area contributed by atoms with E-state index in [0.717, 1.165) is 42.8 Å². The molecule has 3 rings (SSSR count). The van der Waals surface area contributed by atoms with Crippen LogP contribution in [0.3, 0.4) is 0 Å². The molecule has 21 heavy (non-hydrogen) atoms. The standard InChI is InChI=1S/C15H16Cl2N2OS/c1-2-18-6-8-19(9-7-18)15(20)14-13(17)12-10(16)4-3-5-11(12)21-14/h3-5H,2,6-9H2,1H3. The van der Waals surface area contributed by atoms with Gasteiger partial charge in [0.1, 0.15) is 4.88 Å². The maximum atomic E-state index is 12.7. The number of hydrogen-bond acceptors (Lipinski definition) is 3. The van der Waals surface area contributed by atoms with Crippen molar-refractivity contribution in [2.45, 2.75) is 6.92 Å². The van der Waals surface area contributed by atoms with Crippen LogP contribution in [-0.4, -0.2) is 48.4 Å². The number of thiophene rings is 1. The minimum atomic E-state index is 0.0213. The van der Waals surface area contributed by atoms with Crippen molar-refractivity contribution in [2.75, 3.05) is 32.7 Å². The Morgan fingerprint density at radius 1 is 1.24 bits per heavy atom. The second-order valence-electron chi connectivity index (χ2n) is 5.08. The molecule has 6 heteroatoms. The zero-order valence-electron chi connectivity index (χ0n) is 11.7. The van der Waals surface area contributed by atoms with Gasteiger partial charge in [-0.05, 0) is 18.7 Å². The molecule has 0 saturated carbocycles. The number of benzene rings is 1. The average Bonchev–Trinajstić information content (AvgIpc) is 2.85. The van der Waals surface area contributed by atoms with Gasteiger partial charge in [0, 0.05) is 36.3 Å². The van der Waals surface area contributed by atoms with E-state index in [2.05, 4.69) is 11.8 Å². The summed E-state index contributed by atoms with van der Waals surface area (Å²) in [7, 11) is 0. The molecule has 112 valence electrons. The minimum Gasteiger partial charge on any atom is -0.335 e. The van der Waals surface area contributed by atoms with Gasteiger partial charge in [0.05, 0.1) is 10.0 Å². The third kappa shape index (κ3) is 2.78. The van der Waals surface area contributed by atoms with Crippen molar-refractivity contribution in [1.29, 1.82) is 0 Å². The molecule has 0 bridgehead atoms. The topological polar surface area (TPSA) is 23.6 Å². The van der Waals surface area contributed by atoms with Gasteiger partial charge in [-0.2, -0.15) is 0 Å². The molecule has 1 aliphatic rings. The molecule has 3 nitrogen and oxygen atoms in total. The minimum absolute atomic E-state index is 0.0213. The monoisotopic (exact) mass is 342 g/mol. The fraction of sp³-hybridized carbons (Fsp3) is 0.400. The van der Waals surface area contributed by atoms with Crippen LogP contribution in [-0.2, 0) is 0 Å². The average molecular weight is 343 g/mol. The van der Waals surface area contributed by atoms with E-state index < -0.39 is 0 Å². The zero-order valence-corrected chi connectivity index (χ0v) is 14.1. The van der Waals surface area contributed by atoms with E-state index in [1.165, 1.54) is 11.3 Å². The van der Waals surface area contributed by atoms with Gasteiger partial charge in [0.25, 0.3) is 5.91 Å². The molecule has 0 atom stereocenters. The number of nitrogens with zero attached hydrogens (tertiary/aromatic N) is 2. The number of halogens is 2. The number of fused-ring (bicyclic) bond motifs is 1. The summed E-state index contributed by atoms with van der Waals surface area (Å²) in [4.78, 5) is 17.5. The Kier molecular flexibility index (Phi) is 4.41. The van der Waals surface area contributed by atoms with E-state index >= 15 is 0 Å². The lowest BCUT2D eigenvalue weighted by molar-refractivity contribution is 0.0648. The Balaban J connectivity index is 1.89. The Morgan fingerprint density at radius 2 is 1.95 bits per heavy atom. The summed E-state index contributed by atoms with van der Waals surface area (Å²) in [6, 6.07) is 5.63. The number of carbonyl (C=O) groups is 1. The first-order chi connectivity index (χ1) is 10.1. The van der Waals surface area contributed by atoms with E-state index in [-0.39, 0.29) is 5.91 Å². The first-order valence-corrected chi connectivity index (χ1v) is 8.57. The summed E-state index contributed by atoms with van der Waals surface area (Å²) < 4.78 is 0.961. The molecule has 0 unspecified atom stereocenters. The fourth-order valence-corrected chi connectivity index (χ4v) is 4.54. The molecule has 0 spiro atoms. The third-order valence-electron chi connectivity index (χ3n) is 3.91. The lowest BCUT2D eigenvalue weighted by atomic mass is 10.2. The van der Waals surface area contributed by atoms with Crippen LogP contribution in [0.4, 0.5) is 0 Å². The molecule has 2 heterocycles. The second kappa shape index (κ2) is 6.13. The quantitative estimate of drug-likeness (QED) is 0.823. The Morgan fingerprint density at radius 3 is 2.57 bits per heavy atom. The number of likely N-dealkylation sites (N-methyl/N-ethyl adjacent to an activating group) is 1. The fourth-order valence-electron chi connectivity index (χ4n) is 2.62. The molecule has 0 radical (unpaired) electrons. The highest BCUT2D eigenvalue weighted by atomic mass is 35.5. The predicted molar refractivity (Wildman–Crippen MR) is 89.9 cm³/mol. The normalized spacial score (nSPS) is 16.6. The van der Waals surface area contributed by atoms with Gasteiger partial charge in [0.15, 0.2) is 0 Å². The Bertz CT molecular complexity index is 678. The highest BCUT2D eigenvalue weighted by Gasteiger charge is 2.26. The summed E-state index contributed by atoms with van der Waals surface area (Å²) in [5.74, 6) is 0.0213. The van der Waals surface area contributed by atoms with E-state index in [1.807, 2.05) is 17.0 Å². The van der Waals surface area contributed by atoms with Crippen molar-refractivity contribution in [2.24, 2.45) is 0 Å². The maximum Gasteiger partial charge on any atom is 0.265 e. The summed E-state index contributed by atoms with van der Waals surface area (Å²) >= 11 is 14.0. The van der Waals surface area contributed by atoms with Gasteiger partial charge < -0.3 is 9.80 Å². The number of hydrogen-bond donors (Lipinski definition) is 0. The number of carbonyl (C=O) groups excluding carboxylic acids is 1. The van der Waals surface area contributed by atoms with Crippen LogP contribution in [0.15, 0.2) is 18.2 Å². The summed E-state index contributed by atoms with van der Waals surface area (Å²) in [6.07, 6.45) is 0. The van der Waals surface area contributed by atoms with Crippen LogP contribution in [0.2, 0.25) is 10.0 Å². The molecule has 1 aliphatic heterocycles. The first-order valence-electron chi connectivity index (χ1n) is 7.00. The van der Waals surface area contributed by atoms with E-state index in [4.69, 9.17) is 23.2 Å². The molecule has 1 fully saturated rings. The third-order valence-corrected chi connectivity index (χ3v) is 5.86. The van der Waals surface area contributed by atoms with E-state index in [9.17, 15) is 4.79 Å². The van der Waals surface area contributed by atoms with E-state index in [0.29, 0.717) is 14.9 Å². The zero-order chi connectivity index (χ0) is 15.0. The highest BCUT2D eigenvalue weighted by molar-refractivity contribution is 7.21. The SMILES string of the molecule is CCN1CCN(C(=O)c2sc3cccc(Cl)c3c2Cl)CC1. The molecule has 0 N–H and O–H groups in total. The van der Waals surface area contributed by atoms with Crippen LogP contribution in [0, 0.1) is 0 Å². The van der Waals surface area contributed by atoms with Crippen molar-refractivity contribution < 1.29 is 4.79 Å². The number of piperazine rings is 1. The van der Waals surface area contributed by atoms with Gasteiger partial charge in [-0.1, -0.05) is 36.2 Å². The largest absolute Gasteiger partial charge is 0.335 e. The lowest BCUT2D eigenvalue weighted by Gasteiger charge is -2.33. The lowest BCUT2D eigenvalue weighted by Crippen LogP contribution is -2.48. The number of amides is 1. The molecule has 0 aliphatic carbocycles. The molecule has 1 saturated heterocycles. The molecular formula is C15H16Cl2N2OS. The highest BCUT2D eigenvalue weighted by Crippen LogP contribution is 2.39. The summed E-state index contributed by atoms with van der Waals surface area (Å²) in [6.45, 7) is 6.52. The summed E-state index contributed by atoms with van der Waals surface area (Å²) in [5, 5.41) is 1.88. The van der Waals surface area contributed by atoms with Gasteiger partial charge in [0.2, 0.25) is 0 Å². The van der Waals surface area contributed by atoms with Gasteiger partial charge in [-0.3, -0.25) is 4.79 Å². The van der Waals surface area contributed by atoms with Crippen molar-refractivity contribution in [1.82, 2.24) is 9.80 Å². The molecule has 1 amide bonds. The summed E-state index contributed by atoms with van der Waals surface area (Å²) in [5.41, 5.74) is 0. The Hall–Kier alpha value is -0.810. The van der Waals surface area contributed by atoms with E-state index in [1.54, 1.807) is 6.07 Å². The van der Waals surface area contributed by atoms with Crippen molar-refractivity contribution in [3.8, 4) is 0 Å². The van der Waals surface area contributed by atoms with Crippen molar-refractivity contribution >= 4 is 50.5 Å². The Labute approximate surface area is 138 Å². The van der Waals surface area contributed by atoms with Crippen LogP contribution in [0.5, 0.6) is 0 Å². The predicted octanol–water partition coefficient (Wildman–Crippen LogP) is 3.99. The van der Waals surface area contributed by atoms with Gasteiger partial charge >= 0.3 is 0 Å².